The number of hydrogen-bond acceptors (Lipinski definition) is 4. The third-order valence-electron chi connectivity index (χ3n) is 2.90. The highest BCUT2D eigenvalue weighted by atomic mass is 16.5. The number of rotatable bonds is 5. The fraction of sp³-hybridized carbons (Fsp3) is 0.462. The topological polar surface area (TPSA) is 61.8 Å². The van der Waals surface area contributed by atoms with Crippen molar-refractivity contribution < 1.29 is 14.6 Å². The molecule has 1 saturated heterocycles. The molecule has 0 spiro atoms. The van der Waals surface area contributed by atoms with Crippen LogP contribution in [0.3, 0.4) is 0 Å². The number of carboxylic acid groups (broad SMARTS) is 1. The van der Waals surface area contributed by atoms with Crippen molar-refractivity contribution in [3.8, 4) is 5.75 Å². The van der Waals surface area contributed by atoms with E-state index in [0.29, 0.717) is 0 Å². The molecule has 1 aliphatic heterocycles. The van der Waals surface area contributed by atoms with Gasteiger partial charge in [-0.05, 0) is 24.3 Å². The van der Waals surface area contributed by atoms with E-state index in [4.69, 9.17) is 9.84 Å². The van der Waals surface area contributed by atoms with E-state index in [-0.39, 0.29) is 13.0 Å². The molecule has 0 saturated carbocycles. The van der Waals surface area contributed by atoms with Crippen molar-refractivity contribution in [3.63, 3.8) is 0 Å². The number of benzene rings is 1. The van der Waals surface area contributed by atoms with Crippen molar-refractivity contribution in [1.82, 2.24) is 5.32 Å². The molecule has 5 heteroatoms. The molecular weight excluding hydrogens is 232 g/mol. The molecular formula is C13H18N2O3. The number of carbonyl (C=O) groups is 1. The van der Waals surface area contributed by atoms with E-state index < -0.39 is 5.97 Å². The minimum absolute atomic E-state index is 0.0273. The second-order valence-corrected chi connectivity index (χ2v) is 4.22. The summed E-state index contributed by atoms with van der Waals surface area (Å²) in [5.41, 5.74) is 1.18. The van der Waals surface area contributed by atoms with Crippen molar-refractivity contribution in [2.45, 2.75) is 6.42 Å². The summed E-state index contributed by atoms with van der Waals surface area (Å²) in [5.74, 6) is -0.123. The number of aliphatic carboxylic acids is 1. The van der Waals surface area contributed by atoms with Crippen molar-refractivity contribution in [2.24, 2.45) is 0 Å². The molecule has 2 rings (SSSR count). The van der Waals surface area contributed by atoms with Gasteiger partial charge in [0.1, 0.15) is 5.75 Å². The SMILES string of the molecule is O=C(O)CCOc1ccc(N2CCNCC2)cc1. The normalized spacial score (nSPS) is 15.4. The van der Waals surface area contributed by atoms with Crippen LogP contribution in [0.5, 0.6) is 5.75 Å². The Bertz CT molecular complexity index is 386. The summed E-state index contributed by atoms with van der Waals surface area (Å²) < 4.78 is 5.35. The lowest BCUT2D eigenvalue weighted by atomic mass is 10.2. The van der Waals surface area contributed by atoms with E-state index in [1.54, 1.807) is 0 Å². The van der Waals surface area contributed by atoms with Crippen LogP contribution in [0.2, 0.25) is 0 Å². The first-order valence-corrected chi connectivity index (χ1v) is 6.16. The Balaban J connectivity index is 1.86. The van der Waals surface area contributed by atoms with Crippen LogP contribution in [0, 0.1) is 0 Å². The zero-order chi connectivity index (χ0) is 12.8. The van der Waals surface area contributed by atoms with Crippen molar-refractivity contribution in [1.29, 1.82) is 0 Å². The fourth-order valence-corrected chi connectivity index (χ4v) is 1.93. The minimum Gasteiger partial charge on any atom is -0.493 e. The summed E-state index contributed by atoms with van der Waals surface area (Å²) >= 11 is 0. The Morgan fingerprint density at radius 1 is 1.28 bits per heavy atom. The van der Waals surface area contributed by atoms with E-state index >= 15 is 0 Å². The maximum Gasteiger partial charge on any atom is 0.306 e. The van der Waals surface area contributed by atoms with E-state index in [2.05, 4.69) is 10.2 Å². The van der Waals surface area contributed by atoms with Crippen LogP contribution < -0.4 is 15.0 Å². The minimum atomic E-state index is -0.840. The molecule has 1 aromatic carbocycles. The molecule has 0 aromatic heterocycles. The van der Waals surface area contributed by atoms with Crippen LogP contribution in [-0.4, -0.2) is 43.9 Å². The second kappa shape index (κ2) is 6.26. The number of nitrogens with one attached hydrogen (secondary N) is 1. The molecule has 0 radical (unpaired) electrons. The molecule has 0 unspecified atom stereocenters. The molecule has 0 amide bonds. The van der Waals surface area contributed by atoms with E-state index in [9.17, 15) is 4.79 Å². The van der Waals surface area contributed by atoms with Crippen LogP contribution in [-0.2, 0) is 4.79 Å². The van der Waals surface area contributed by atoms with Gasteiger partial charge < -0.3 is 20.1 Å². The van der Waals surface area contributed by atoms with Crippen molar-refractivity contribution >= 4 is 11.7 Å². The monoisotopic (exact) mass is 250 g/mol. The van der Waals surface area contributed by atoms with Gasteiger partial charge in [-0.15, -0.1) is 0 Å². The van der Waals surface area contributed by atoms with Crippen molar-refractivity contribution in [2.75, 3.05) is 37.7 Å². The molecule has 18 heavy (non-hydrogen) atoms. The Morgan fingerprint density at radius 2 is 1.94 bits per heavy atom. The Morgan fingerprint density at radius 3 is 2.56 bits per heavy atom. The molecule has 0 atom stereocenters. The summed E-state index contributed by atoms with van der Waals surface area (Å²) in [6.45, 7) is 4.26. The molecule has 1 aliphatic rings. The van der Waals surface area contributed by atoms with Crippen LogP contribution in [0.25, 0.3) is 0 Å². The number of nitrogens with zero attached hydrogens (tertiary/aromatic N) is 1. The van der Waals surface area contributed by atoms with Gasteiger partial charge in [-0.1, -0.05) is 0 Å². The molecule has 0 bridgehead atoms. The summed E-state index contributed by atoms with van der Waals surface area (Å²) in [7, 11) is 0. The Labute approximate surface area is 106 Å². The lowest BCUT2D eigenvalue weighted by Crippen LogP contribution is -2.43. The third kappa shape index (κ3) is 3.63. The summed E-state index contributed by atoms with van der Waals surface area (Å²) in [6, 6.07) is 7.81. The first-order chi connectivity index (χ1) is 8.75. The molecule has 5 nitrogen and oxygen atoms in total. The van der Waals surface area contributed by atoms with Gasteiger partial charge in [-0.25, -0.2) is 0 Å². The molecule has 1 aromatic rings. The maximum absolute atomic E-state index is 10.4. The van der Waals surface area contributed by atoms with E-state index in [0.717, 1.165) is 31.9 Å². The Kier molecular flexibility index (Phi) is 4.41. The first kappa shape index (κ1) is 12.7. The van der Waals surface area contributed by atoms with Crippen molar-refractivity contribution in [3.05, 3.63) is 24.3 Å². The smallest absolute Gasteiger partial charge is 0.306 e. The first-order valence-electron chi connectivity index (χ1n) is 6.16. The average molecular weight is 250 g/mol. The van der Waals surface area contributed by atoms with Crippen LogP contribution in [0.15, 0.2) is 24.3 Å². The summed E-state index contributed by atoms with van der Waals surface area (Å²) in [5, 5.41) is 11.8. The molecule has 0 aliphatic carbocycles. The zero-order valence-corrected chi connectivity index (χ0v) is 10.3. The van der Waals surface area contributed by atoms with Gasteiger partial charge in [0.15, 0.2) is 0 Å². The number of ether oxygens (including phenoxy) is 1. The maximum atomic E-state index is 10.4. The van der Waals surface area contributed by atoms with Gasteiger partial charge in [0, 0.05) is 31.9 Å². The molecule has 1 heterocycles. The number of piperazine rings is 1. The van der Waals surface area contributed by atoms with Crippen LogP contribution >= 0.6 is 0 Å². The highest BCUT2D eigenvalue weighted by Gasteiger charge is 2.09. The lowest BCUT2D eigenvalue weighted by molar-refractivity contribution is -0.137. The molecule has 1 fully saturated rings. The van der Waals surface area contributed by atoms with Crippen LogP contribution in [0.1, 0.15) is 6.42 Å². The predicted molar refractivity (Wildman–Crippen MR) is 69.3 cm³/mol. The largest absolute Gasteiger partial charge is 0.493 e. The number of hydrogen-bond donors (Lipinski definition) is 2. The lowest BCUT2D eigenvalue weighted by Gasteiger charge is -2.29. The third-order valence-corrected chi connectivity index (χ3v) is 2.90. The van der Waals surface area contributed by atoms with Gasteiger partial charge in [0.25, 0.3) is 0 Å². The number of carboxylic acids is 1. The zero-order valence-electron chi connectivity index (χ0n) is 10.3. The van der Waals surface area contributed by atoms with Gasteiger partial charge in [0.2, 0.25) is 0 Å². The van der Waals surface area contributed by atoms with Gasteiger partial charge in [0.05, 0.1) is 13.0 Å². The highest BCUT2D eigenvalue weighted by Crippen LogP contribution is 2.19. The predicted octanol–water partition coefficient (Wildman–Crippen LogP) is 0.950. The average Bonchev–Trinajstić information content (AvgIpc) is 2.40. The highest BCUT2D eigenvalue weighted by molar-refractivity contribution is 5.66. The van der Waals surface area contributed by atoms with Crippen LogP contribution in [0.4, 0.5) is 5.69 Å². The quantitative estimate of drug-likeness (QED) is 0.814. The molecule has 98 valence electrons. The Hall–Kier alpha value is -1.75. The second-order valence-electron chi connectivity index (χ2n) is 4.22. The van der Waals surface area contributed by atoms with Gasteiger partial charge in [-0.2, -0.15) is 0 Å². The fourth-order valence-electron chi connectivity index (χ4n) is 1.93. The number of anilines is 1. The summed E-state index contributed by atoms with van der Waals surface area (Å²) in [6.07, 6.45) is 0.0273. The van der Waals surface area contributed by atoms with Gasteiger partial charge >= 0.3 is 5.97 Å². The standard InChI is InChI=1S/C13H18N2O3/c16-13(17)5-10-18-12-3-1-11(2-4-12)15-8-6-14-7-9-15/h1-4,14H,5-10H2,(H,16,17). The summed E-state index contributed by atoms with van der Waals surface area (Å²) in [4.78, 5) is 12.7. The van der Waals surface area contributed by atoms with Gasteiger partial charge in [-0.3, -0.25) is 4.79 Å². The van der Waals surface area contributed by atoms with E-state index in [1.807, 2.05) is 24.3 Å². The van der Waals surface area contributed by atoms with E-state index in [1.165, 1.54) is 5.69 Å². The molecule has 2 N–H and O–H groups in total.